The number of ether oxygens (including phenoxy) is 1. The van der Waals surface area contributed by atoms with E-state index in [1.54, 1.807) is 0 Å². The van der Waals surface area contributed by atoms with Crippen LogP contribution in [0.4, 0.5) is 0 Å². The van der Waals surface area contributed by atoms with Gasteiger partial charge in [0, 0.05) is 23.1 Å². The Labute approximate surface area is 156 Å². The molecule has 25 heavy (non-hydrogen) atoms. The first kappa shape index (κ1) is 18.0. The van der Waals surface area contributed by atoms with Crippen molar-refractivity contribution in [3.63, 3.8) is 0 Å². The number of aliphatic hydroxyl groups excluding tert-OH is 1. The first-order chi connectivity index (χ1) is 12.1. The highest BCUT2D eigenvalue weighted by Gasteiger charge is 2.22. The van der Waals surface area contributed by atoms with E-state index >= 15 is 0 Å². The maximum absolute atomic E-state index is 12.6. The van der Waals surface area contributed by atoms with Crippen molar-refractivity contribution in [2.75, 3.05) is 13.1 Å². The van der Waals surface area contributed by atoms with Crippen LogP contribution in [0.3, 0.4) is 0 Å². The molecule has 0 radical (unpaired) electrons. The van der Waals surface area contributed by atoms with Crippen molar-refractivity contribution in [2.45, 2.75) is 32.0 Å². The van der Waals surface area contributed by atoms with Gasteiger partial charge in [-0.15, -0.1) is 0 Å². The molecule has 0 atom stereocenters. The second kappa shape index (κ2) is 8.50. The summed E-state index contributed by atoms with van der Waals surface area (Å²) in [4.78, 5) is 14.4. The fourth-order valence-electron chi connectivity index (χ4n) is 2.95. The molecular weight excluding hydrogens is 382 g/mol. The third-order valence-electron chi connectivity index (χ3n) is 4.42. The highest BCUT2D eigenvalue weighted by molar-refractivity contribution is 9.10. The topological polar surface area (TPSA) is 49.8 Å². The zero-order valence-corrected chi connectivity index (χ0v) is 15.6. The van der Waals surface area contributed by atoms with Crippen molar-refractivity contribution in [1.29, 1.82) is 0 Å². The average Bonchev–Trinajstić information content (AvgIpc) is 2.62. The summed E-state index contributed by atoms with van der Waals surface area (Å²) in [6.45, 7) is 1.71. The van der Waals surface area contributed by atoms with E-state index in [0.717, 1.165) is 21.3 Å². The largest absolute Gasteiger partial charge is 0.489 e. The van der Waals surface area contributed by atoms with Gasteiger partial charge in [0.15, 0.2) is 0 Å². The standard InChI is InChI=1S/C20H22BrNO3/c21-17-6-7-19(25-14-15-4-2-1-3-5-15)16(12-17)13-20(24)22-10-8-18(23)9-11-22/h1-7,12,18,23H,8-11,13-14H2. The van der Waals surface area contributed by atoms with E-state index in [4.69, 9.17) is 4.74 Å². The molecule has 0 bridgehead atoms. The van der Waals surface area contributed by atoms with Gasteiger partial charge in [-0.25, -0.2) is 0 Å². The molecule has 0 spiro atoms. The second-order valence-electron chi connectivity index (χ2n) is 6.32. The molecule has 1 aliphatic heterocycles. The summed E-state index contributed by atoms with van der Waals surface area (Å²) in [6.07, 6.45) is 1.34. The monoisotopic (exact) mass is 403 g/mol. The van der Waals surface area contributed by atoms with Crippen LogP contribution in [-0.4, -0.2) is 35.1 Å². The molecule has 1 heterocycles. The molecule has 2 aromatic rings. The maximum Gasteiger partial charge on any atom is 0.227 e. The number of benzene rings is 2. The third-order valence-corrected chi connectivity index (χ3v) is 4.91. The average molecular weight is 404 g/mol. The molecule has 0 unspecified atom stereocenters. The highest BCUT2D eigenvalue weighted by Crippen LogP contribution is 2.25. The van der Waals surface area contributed by atoms with Crippen molar-refractivity contribution in [2.24, 2.45) is 0 Å². The summed E-state index contributed by atoms with van der Waals surface area (Å²) < 4.78 is 6.88. The van der Waals surface area contributed by atoms with Gasteiger partial charge in [-0.05, 0) is 36.6 Å². The third kappa shape index (κ3) is 5.06. The summed E-state index contributed by atoms with van der Waals surface area (Å²) in [7, 11) is 0. The van der Waals surface area contributed by atoms with Gasteiger partial charge in [-0.1, -0.05) is 46.3 Å². The Hall–Kier alpha value is -1.85. The Balaban J connectivity index is 1.67. The number of hydrogen-bond donors (Lipinski definition) is 1. The number of carbonyl (C=O) groups is 1. The minimum Gasteiger partial charge on any atom is -0.489 e. The number of halogens is 1. The lowest BCUT2D eigenvalue weighted by Gasteiger charge is -2.29. The van der Waals surface area contributed by atoms with E-state index in [0.29, 0.717) is 39.0 Å². The van der Waals surface area contributed by atoms with Crippen LogP contribution >= 0.6 is 15.9 Å². The van der Waals surface area contributed by atoms with E-state index in [2.05, 4.69) is 15.9 Å². The quantitative estimate of drug-likeness (QED) is 0.829. The molecule has 0 saturated carbocycles. The Bertz CT molecular complexity index is 712. The maximum atomic E-state index is 12.6. The van der Waals surface area contributed by atoms with Crippen molar-refractivity contribution >= 4 is 21.8 Å². The van der Waals surface area contributed by atoms with E-state index in [-0.39, 0.29) is 12.0 Å². The molecule has 2 aromatic carbocycles. The van der Waals surface area contributed by atoms with Crippen LogP contribution in [0.5, 0.6) is 5.75 Å². The summed E-state index contributed by atoms with van der Waals surface area (Å²) in [5, 5.41) is 9.59. The molecule has 4 nitrogen and oxygen atoms in total. The molecule has 0 aliphatic carbocycles. The molecule has 1 fully saturated rings. The van der Waals surface area contributed by atoms with Gasteiger partial charge < -0.3 is 14.7 Å². The number of aliphatic hydroxyl groups is 1. The zero-order valence-electron chi connectivity index (χ0n) is 14.0. The predicted octanol–water partition coefficient (Wildman–Crippen LogP) is 3.55. The van der Waals surface area contributed by atoms with Crippen LogP contribution in [0, 0.1) is 0 Å². The summed E-state index contributed by atoms with van der Waals surface area (Å²) >= 11 is 3.47. The van der Waals surface area contributed by atoms with Crippen LogP contribution in [0.2, 0.25) is 0 Å². The normalized spacial score (nSPS) is 15.2. The molecule has 1 aliphatic rings. The number of nitrogens with zero attached hydrogens (tertiary/aromatic N) is 1. The molecule has 1 saturated heterocycles. The molecular formula is C20H22BrNO3. The molecule has 5 heteroatoms. The van der Waals surface area contributed by atoms with Gasteiger partial charge in [0.1, 0.15) is 12.4 Å². The first-order valence-corrected chi connectivity index (χ1v) is 9.32. The number of rotatable bonds is 5. The summed E-state index contributed by atoms with van der Waals surface area (Å²) in [6, 6.07) is 15.7. The fourth-order valence-corrected chi connectivity index (χ4v) is 3.36. The van der Waals surface area contributed by atoms with Crippen molar-refractivity contribution in [3.05, 3.63) is 64.1 Å². The number of hydrogen-bond acceptors (Lipinski definition) is 3. The summed E-state index contributed by atoms with van der Waals surface area (Å²) in [5.41, 5.74) is 1.97. The van der Waals surface area contributed by atoms with Crippen molar-refractivity contribution < 1.29 is 14.6 Å². The second-order valence-corrected chi connectivity index (χ2v) is 7.23. The number of carbonyl (C=O) groups excluding carboxylic acids is 1. The smallest absolute Gasteiger partial charge is 0.227 e. The predicted molar refractivity (Wildman–Crippen MR) is 100 cm³/mol. The van der Waals surface area contributed by atoms with Gasteiger partial charge in [-0.2, -0.15) is 0 Å². The molecule has 3 rings (SSSR count). The van der Waals surface area contributed by atoms with Gasteiger partial charge in [0.25, 0.3) is 0 Å². The Morgan fingerprint density at radius 3 is 2.60 bits per heavy atom. The fraction of sp³-hybridized carbons (Fsp3) is 0.350. The van der Waals surface area contributed by atoms with Gasteiger partial charge in [-0.3, -0.25) is 4.79 Å². The van der Waals surface area contributed by atoms with E-state index in [9.17, 15) is 9.90 Å². The minimum atomic E-state index is -0.278. The molecule has 1 amide bonds. The summed E-state index contributed by atoms with van der Waals surface area (Å²) in [5.74, 6) is 0.812. The van der Waals surface area contributed by atoms with E-state index < -0.39 is 0 Å². The number of likely N-dealkylation sites (tertiary alicyclic amines) is 1. The lowest BCUT2D eigenvalue weighted by molar-refractivity contribution is -0.132. The lowest BCUT2D eigenvalue weighted by atomic mass is 10.1. The lowest BCUT2D eigenvalue weighted by Crippen LogP contribution is -2.40. The number of amides is 1. The van der Waals surface area contributed by atoms with Crippen LogP contribution in [-0.2, 0) is 17.8 Å². The Kier molecular flexibility index (Phi) is 6.10. The van der Waals surface area contributed by atoms with Crippen molar-refractivity contribution in [3.8, 4) is 5.75 Å². The molecule has 1 N–H and O–H groups in total. The molecule has 132 valence electrons. The van der Waals surface area contributed by atoms with Gasteiger partial charge in [0.2, 0.25) is 5.91 Å². The van der Waals surface area contributed by atoms with Gasteiger partial charge >= 0.3 is 0 Å². The van der Waals surface area contributed by atoms with Crippen molar-refractivity contribution in [1.82, 2.24) is 4.90 Å². The molecule has 0 aromatic heterocycles. The SMILES string of the molecule is O=C(Cc1cc(Br)ccc1OCc1ccccc1)N1CCC(O)CC1. The van der Waals surface area contributed by atoms with Crippen LogP contribution in [0.15, 0.2) is 53.0 Å². The highest BCUT2D eigenvalue weighted by atomic mass is 79.9. The Morgan fingerprint density at radius 2 is 1.88 bits per heavy atom. The zero-order chi connectivity index (χ0) is 17.6. The van der Waals surface area contributed by atoms with Crippen LogP contribution < -0.4 is 4.74 Å². The Morgan fingerprint density at radius 1 is 1.16 bits per heavy atom. The van der Waals surface area contributed by atoms with Crippen LogP contribution in [0.25, 0.3) is 0 Å². The number of piperidine rings is 1. The first-order valence-electron chi connectivity index (χ1n) is 8.53. The van der Waals surface area contributed by atoms with Gasteiger partial charge in [0.05, 0.1) is 12.5 Å². The minimum absolute atomic E-state index is 0.0783. The van der Waals surface area contributed by atoms with E-state index in [1.807, 2.05) is 53.4 Å². The van der Waals surface area contributed by atoms with E-state index in [1.165, 1.54) is 0 Å². The van der Waals surface area contributed by atoms with Crippen LogP contribution in [0.1, 0.15) is 24.0 Å².